The largest absolute Gasteiger partial charge is 0.389 e. The van der Waals surface area contributed by atoms with Crippen molar-refractivity contribution in [1.82, 2.24) is 4.98 Å². The highest BCUT2D eigenvalue weighted by Crippen LogP contribution is 2.18. The molecule has 72 valence electrons. The Hall–Kier alpha value is -0.640. The van der Waals surface area contributed by atoms with E-state index in [9.17, 15) is 10.2 Å². The summed E-state index contributed by atoms with van der Waals surface area (Å²) >= 11 is 5.41. The van der Waals surface area contributed by atoms with Gasteiger partial charge >= 0.3 is 0 Å². The number of alkyl halides is 1. The zero-order chi connectivity index (χ0) is 9.84. The van der Waals surface area contributed by atoms with Crippen LogP contribution in [-0.2, 0) is 0 Å². The molecular weight excluding hydrogens is 190 g/mol. The second kappa shape index (κ2) is 4.56. The lowest BCUT2D eigenvalue weighted by atomic mass is 10.1. The van der Waals surface area contributed by atoms with Crippen LogP contribution in [0, 0.1) is 6.92 Å². The second-order valence-electron chi connectivity index (χ2n) is 2.87. The summed E-state index contributed by atoms with van der Waals surface area (Å²) in [6.07, 6.45) is -0.388. The van der Waals surface area contributed by atoms with E-state index in [4.69, 9.17) is 11.6 Å². The van der Waals surface area contributed by atoms with Gasteiger partial charge < -0.3 is 10.2 Å². The van der Waals surface area contributed by atoms with E-state index < -0.39 is 12.2 Å². The van der Waals surface area contributed by atoms with Crippen molar-refractivity contribution in [3.63, 3.8) is 0 Å². The number of nitrogens with zero attached hydrogens (tertiary/aromatic N) is 1. The molecule has 4 heteroatoms. The van der Waals surface area contributed by atoms with Crippen LogP contribution < -0.4 is 0 Å². The first kappa shape index (κ1) is 10.4. The molecule has 0 aliphatic carbocycles. The average molecular weight is 202 g/mol. The Labute approximate surface area is 82.0 Å². The molecule has 2 unspecified atom stereocenters. The Morgan fingerprint density at radius 1 is 1.54 bits per heavy atom. The summed E-state index contributed by atoms with van der Waals surface area (Å²) in [4.78, 5) is 3.98. The lowest BCUT2D eigenvalue weighted by Crippen LogP contribution is -2.21. The van der Waals surface area contributed by atoms with Gasteiger partial charge in [-0.2, -0.15) is 0 Å². The number of aliphatic hydroxyl groups excluding tert-OH is 2. The molecule has 0 aliphatic rings. The maximum atomic E-state index is 9.57. The van der Waals surface area contributed by atoms with Crippen LogP contribution in [0.15, 0.2) is 18.3 Å². The van der Waals surface area contributed by atoms with E-state index >= 15 is 0 Å². The van der Waals surface area contributed by atoms with Gasteiger partial charge in [0.15, 0.2) is 0 Å². The SMILES string of the molecule is Cc1cccnc1C(O)C(O)CCl. The van der Waals surface area contributed by atoms with E-state index in [1.54, 1.807) is 12.3 Å². The molecule has 1 aromatic rings. The van der Waals surface area contributed by atoms with Crippen LogP contribution >= 0.6 is 11.6 Å². The van der Waals surface area contributed by atoms with Gasteiger partial charge in [0.1, 0.15) is 6.10 Å². The minimum Gasteiger partial charge on any atom is -0.389 e. The first-order chi connectivity index (χ1) is 6.16. The molecule has 1 aromatic heterocycles. The minimum absolute atomic E-state index is 0.00280. The number of pyridine rings is 1. The summed E-state index contributed by atoms with van der Waals surface area (Å²) in [7, 11) is 0. The van der Waals surface area contributed by atoms with Crippen LogP contribution in [0.2, 0.25) is 0 Å². The number of aryl methyl sites for hydroxylation is 1. The third-order valence-corrected chi connectivity index (χ3v) is 2.17. The molecule has 2 atom stereocenters. The van der Waals surface area contributed by atoms with E-state index in [1.165, 1.54) is 0 Å². The molecule has 1 heterocycles. The van der Waals surface area contributed by atoms with E-state index in [2.05, 4.69) is 4.98 Å². The van der Waals surface area contributed by atoms with E-state index in [0.717, 1.165) is 5.56 Å². The number of rotatable bonds is 3. The fraction of sp³-hybridized carbons (Fsp3) is 0.444. The molecule has 13 heavy (non-hydrogen) atoms. The second-order valence-corrected chi connectivity index (χ2v) is 3.18. The van der Waals surface area contributed by atoms with Gasteiger partial charge in [-0.05, 0) is 18.6 Å². The quantitative estimate of drug-likeness (QED) is 0.719. The standard InChI is InChI=1S/C9H12ClNO2/c1-6-3-2-4-11-8(6)9(13)7(12)5-10/h2-4,7,9,12-13H,5H2,1H3. The van der Waals surface area contributed by atoms with Gasteiger partial charge in [-0.15, -0.1) is 11.6 Å². The number of aromatic nitrogens is 1. The summed E-state index contributed by atoms with van der Waals surface area (Å²) in [5, 5.41) is 18.9. The Morgan fingerprint density at radius 2 is 2.23 bits per heavy atom. The van der Waals surface area contributed by atoms with Crippen molar-refractivity contribution in [3.8, 4) is 0 Å². The highest BCUT2D eigenvalue weighted by atomic mass is 35.5. The van der Waals surface area contributed by atoms with Crippen molar-refractivity contribution < 1.29 is 10.2 Å². The number of hydrogen-bond donors (Lipinski definition) is 2. The predicted octanol–water partition coefficient (Wildman–Crippen LogP) is 1.02. The van der Waals surface area contributed by atoms with Gasteiger partial charge in [0.25, 0.3) is 0 Å². The Balaban J connectivity index is 2.88. The normalized spacial score (nSPS) is 15.4. The molecule has 0 fully saturated rings. The number of halogens is 1. The van der Waals surface area contributed by atoms with E-state index in [-0.39, 0.29) is 5.88 Å². The van der Waals surface area contributed by atoms with Gasteiger partial charge in [-0.25, -0.2) is 0 Å². The van der Waals surface area contributed by atoms with Crippen molar-refractivity contribution >= 4 is 11.6 Å². The average Bonchev–Trinajstić information content (AvgIpc) is 2.16. The summed E-state index contributed by atoms with van der Waals surface area (Å²) in [6.45, 7) is 1.83. The summed E-state index contributed by atoms with van der Waals surface area (Å²) < 4.78 is 0. The highest BCUT2D eigenvalue weighted by molar-refractivity contribution is 6.18. The van der Waals surface area contributed by atoms with Crippen molar-refractivity contribution in [2.45, 2.75) is 19.1 Å². The molecule has 0 saturated carbocycles. The van der Waals surface area contributed by atoms with Crippen LogP contribution in [0.1, 0.15) is 17.4 Å². The first-order valence-electron chi connectivity index (χ1n) is 4.00. The molecule has 0 radical (unpaired) electrons. The number of aliphatic hydroxyl groups is 2. The Kier molecular flexibility index (Phi) is 3.66. The van der Waals surface area contributed by atoms with E-state index in [0.29, 0.717) is 5.69 Å². The highest BCUT2D eigenvalue weighted by Gasteiger charge is 2.19. The summed E-state index contributed by atoms with van der Waals surface area (Å²) in [6, 6.07) is 3.60. The van der Waals surface area contributed by atoms with Gasteiger partial charge in [0, 0.05) is 6.20 Å². The fourth-order valence-corrected chi connectivity index (χ4v) is 1.24. The fourth-order valence-electron chi connectivity index (χ4n) is 1.07. The third kappa shape index (κ3) is 2.40. The van der Waals surface area contributed by atoms with Gasteiger partial charge in [0.2, 0.25) is 0 Å². The molecule has 0 saturated heterocycles. The van der Waals surface area contributed by atoms with Gasteiger partial charge in [0.05, 0.1) is 17.7 Å². The van der Waals surface area contributed by atoms with Crippen LogP contribution in [-0.4, -0.2) is 27.2 Å². The molecule has 1 rings (SSSR count). The topological polar surface area (TPSA) is 53.4 Å². The molecule has 0 bridgehead atoms. The Bertz CT molecular complexity index is 280. The first-order valence-corrected chi connectivity index (χ1v) is 4.54. The van der Waals surface area contributed by atoms with Crippen molar-refractivity contribution in [2.24, 2.45) is 0 Å². The monoisotopic (exact) mass is 201 g/mol. The molecule has 2 N–H and O–H groups in total. The zero-order valence-corrected chi connectivity index (χ0v) is 8.07. The Morgan fingerprint density at radius 3 is 2.77 bits per heavy atom. The number of hydrogen-bond acceptors (Lipinski definition) is 3. The smallest absolute Gasteiger partial charge is 0.123 e. The minimum atomic E-state index is -1.00. The van der Waals surface area contributed by atoms with Crippen molar-refractivity contribution in [3.05, 3.63) is 29.6 Å². The lowest BCUT2D eigenvalue weighted by molar-refractivity contribution is 0.0296. The molecular formula is C9H12ClNO2. The van der Waals surface area contributed by atoms with Crippen LogP contribution in [0.3, 0.4) is 0 Å². The predicted molar refractivity (Wildman–Crippen MR) is 50.7 cm³/mol. The van der Waals surface area contributed by atoms with Crippen molar-refractivity contribution in [2.75, 3.05) is 5.88 Å². The lowest BCUT2D eigenvalue weighted by Gasteiger charge is -2.16. The van der Waals surface area contributed by atoms with Gasteiger partial charge in [-0.1, -0.05) is 6.07 Å². The molecule has 0 aliphatic heterocycles. The van der Waals surface area contributed by atoms with Gasteiger partial charge in [-0.3, -0.25) is 4.98 Å². The van der Waals surface area contributed by atoms with E-state index in [1.807, 2.05) is 13.0 Å². The maximum Gasteiger partial charge on any atom is 0.123 e. The maximum absolute atomic E-state index is 9.57. The summed E-state index contributed by atoms with van der Waals surface area (Å²) in [5.41, 5.74) is 1.33. The van der Waals surface area contributed by atoms with Crippen LogP contribution in [0.5, 0.6) is 0 Å². The molecule has 3 nitrogen and oxygen atoms in total. The van der Waals surface area contributed by atoms with Crippen LogP contribution in [0.25, 0.3) is 0 Å². The van der Waals surface area contributed by atoms with Crippen LogP contribution in [0.4, 0.5) is 0 Å². The molecule has 0 spiro atoms. The third-order valence-electron chi connectivity index (χ3n) is 1.85. The summed E-state index contributed by atoms with van der Waals surface area (Å²) in [5.74, 6) is -0.00280. The molecule has 0 amide bonds. The zero-order valence-electron chi connectivity index (χ0n) is 7.31. The van der Waals surface area contributed by atoms with Crippen molar-refractivity contribution in [1.29, 1.82) is 0 Å². The molecule has 0 aromatic carbocycles.